The van der Waals surface area contributed by atoms with Gasteiger partial charge >= 0.3 is 0 Å². The lowest BCUT2D eigenvalue weighted by molar-refractivity contribution is -0.115. The van der Waals surface area contributed by atoms with E-state index in [0.29, 0.717) is 16.4 Å². The van der Waals surface area contributed by atoms with E-state index < -0.39 is 11.2 Å². The first-order valence-corrected chi connectivity index (χ1v) is 9.93. The highest BCUT2D eigenvalue weighted by atomic mass is 32.2. The third-order valence-electron chi connectivity index (χ3n) is 4.66. The lowest BCUT2D eigenvalue weighted by Crippen LogP contribution is -2.22. The molecule has 2 heterocycles. The SMILES string of the molecule is Cc1cc2nnc(SC(C)C(=O)Nc3ccc(C(N)=O)cc3)n2c2ccccc12. The van der Waals surface area contributed by atoms with Crippen molar-refractivity contribution in [2.75, 3.05) is 5.32 Å². The van der Waals surface area contributed by atoms with Crippen LogP contribution in [0.1, 0.15) is 22.8 Å². The van der Waals surface area contributed by atoms with Gasteiger partial charge < -0.3 is 11.1 Å². The number of aromatic nitrogens is 3. The molecule has 2 aromatic carbocycles. The van der Waals surface area contributed by atoms with E-state index in [4.69, 9.17) is 5.73 Å². The van der Waals surface area contributed by atoms with Crippen LogP contribution in [0.15, 0.2) is 59.8 Å². The highest BCUT2D eigenvalue weighted by molar-refractivity contribution is 8.00. The monoisotopic (exact) mass is 405 g/mol. The Morgan fingerprint density at radius 2 is 1.83 bits per heavy atom. The fourth-order valence-corrected chi connectivity index (χ4v) is 3.99. The molecule has 2 aromatic heterocycles. The number of nitrogens with two attached hydrogens (primary N) is 1. The summed E-state index contributed by atoms with van der Waals surface area (Å²) in [6.45, 7) is 3.86. The molecule has 7 nitrogen and oxygen atoms in total. The van der Waals surface area contributed by atoms with E-state index in [1.54, 1.807) is 24.3 Å². The van der Waals surface area contributed by atoms with E-state index in [1.165, 1.54) is 11.8 Å². The van der Waals surface area contributed by atoms with Crippen molar-refractivity contribution in [1.82, 2.24) is 14.6 Å². The quantitative estimate of drug-likeness (QED) is 0.495. The maximum absolute atomic E-state index is 12.6. The van der Waals surface area contributed by atoms with Crippen LogP contribution in [0.3, 0.4) is 0 Å². The summed E-state index contributed by atoms with van der Waals surface area (Å²) in [4.78, 5) is 23.8. The molecule has 29 heavy (non-hydrogen) atoms. The van der Waals surface area contributed by atoms with Gasteiger partial charge in [0.05, 0.1) is 10.8 Å². The summed E-state index contributed by atoms with van der Waals surface area (Å²) in [6, 6.07) is 16.5. The Hall–Kier alpha value is -3.39. The number of pyridine rings is 1. The maximum Gasteiger partial charge on any atom is 0.248 e. The van der Waals surface area contributed by atoms with Gasteiger partial charge in [0.2, 0.25) is 11.8 Å². The van der Waals surface area contributed by atoms with Gasteiger partial charge in [0.1, 0.15) is 0 Å². The largest absolute Gasteiger partial charge is 0.366 e. The minimum atomic E-state index is -0.507. The Morgan fingerprint density at radius 3 is 2.55 bits per heavy atom. The van der Waals surface area contributed by atoms with Crippen LogP contribution in [-0.4, -0.2) is 31.7 Å². The molecule has 1 unspecified atom stereocenters. The van der Waals surface area contributed by atoms with Gasteiger partial charge in [-0.05, 0) is 55.8 Å². The minimum Gasteiger partial charge on any atom is -0.366 e. The molecule has 4 aromatic rings. The number of para-hydroxylation sites is 1. The molecular formula is C21H19N5O2S. The zero-order valence-electron chi connectivity index (χ0n) is 15.9. The molecule has 0 bridgehead atoms. The molecule has 0 saturated heterocycles. The Kier molecular flexibility index (Phi) is 4.94. The zero-order valence-corrected chi connectivity index (χ0v) is 16.7. The summed E-state index contributed by atoms with van der Waals surface area (Å²) >= 11 is 1.34. The van der Waals surface area contributed by atoms with Gasteiger partial charge in [-0.15, -0.1) is 10.2 Å². The van der Waals surface area contributed by atoms with Crippen LogP contribution in [0, 0.1) is 6.92 Å². The van der Waals surface area contributed by atoms with Gasteiger partial charge in [-0.1, -0.05) is 30.0 Å². The number of amides is 2. The molecule has 3 N–H and O–H groups in total. The predicted molar refractivity (Wildman–Crippen MR) is 114 cm³/mol. The Balaban J connectivity index is 1.57. The molecule has 0 aliphatic carbocycles. The van der Waals surface area contributed by atoms with E-state index >= 15 is 0 Å². The number of nitrogens with zero attached hydrogens (tertiary/aromatic N) is 3. The zero-order chi connectivity index (χ0) is 20.5. The van der Waals surface area contributed by atoms with Crippen molar-refractivity contribution in [1.29, 1.82) is 0 Å². The van der Waals surface area contributed by atoms with Crippen LogP contribution in [0.5, 0.6) is 0 Å². The molecular weight excluding hydrogens is 386 g/mol. The first-order valence-electron chi connectivity index (χ1n) is 9.05. The van der Waals surface area contributed by atoms with E-state index in [-0.39, 0.29) is 5.91 Å². The Labute approximate surface area is 171 Å². The highest BCUT2D eigenvalue weighted by Crippen LogP contribution is 2.28. The van der Waals surface area contributed by atoms with Gasteiger partial charge in [-0.25, -0.2) is 0 Å². The third-order valence-corrected chi connectivity index (χ3v) is 5.70. The molecule has 4 rings (SSSR count). The smallest absolute Gasteiger partial charge is 0.248 e. The lowest BCUT2D eigenvalue weighted by Gasteiger charge is -2.12. The van der Waals surface area contributed by atoms with Gasteiger partial charge in [-0.2, -0.15) is 0 Å². The average molecular weight is 405 g/mol. The molecule has 0 aliphatic heterocycles. The number of anilines is 1. The minimum absolute atomic E-state index is 0.171. The average Bonchev–Trinajstić information content (AvgIpc) is 3.11. The van der Waals surface area contributed by atoms with Crippen LogP contribution >= 0.6 is 11.8 Å². The summed E-state index contributed by atoms with van der Waals surface area (Å²) in [6.07, 6.45) is 0. The van der Waals surface area contributed by atoms with Crippen LogP contribution in [-0.2, 0) is 4.79 Å². The normalized spacial score (nSPS) is 12.2. The van der Waals surface area contributed by atoms with Crippen LogP contribution in [0.25, 0.3) is 16.6 Å². The maximum atomic E-state index is 12.6. The lowest BCUT2D eigenvalue weighted by atomic mass is 10.1. The topological polar surface area (TPSA) is 102 Å². The predicted octanol–water partition coefficient (Wildman–Crippen LogP) is 3.41. The number of carbonyl (C=O) groups excluding carboxylic acids is 2. The number of benzene rings is 2. The van der Waals surface area contributed by atoms with Gasteiger partial charge in [0.25, 0.3) is 0 Å². The Morgan fingerprint density at radius 1 is 1.10 bits per heavy atom. The molecule has 0 fully saturated rings. The summed E-state index contributed by atoms with van der Waals surface area (Å²) in [5, 5.41) is 12.8. The molecule has 146 valence electrons. The van der Waals surface area contributed by atoms with Crippen LogP contribution < -0.4 is 11.1 Å². The molecule has 2 amide bonds. The Bertz CT molecular complexity index is 1230. The molecule has 1 atom stereocenters. The number of rotatable bonds is 5. The van der Waals surface area contributed by atoms with Crippen LogP contribution in [0.2, 0.25) is 0 Å². The van der Waals surface area contributed by atoms with Gasteiger partial charge in [-0.3, -0.25) is 14.0 Å². The number of hydrogen-bond donors (Lipinski definition) is 2. The number of primary amides is 1. The van der Waals surface area contributed by atoms with Crippen molar-refractivity contribution in [3.63, 3.8) is 0 Å². The molecule has 8 heteroatoms. The second-order valence-electron chi connectivity index (χ2n) is 6.71. The molecule has 0 radical (unpaired) electrons. The molecule has 0 saturated carbocycles. The van der Waals surface area contributed by atoms with Crippen LogP contribution in [0.4, 0.5) is 5.69 Å². The van der Waals surface area contributed by atoms with E-state index in [1.807, 2.05) is 42.5 Å². The van der Waals surface area contributed by atoms with Crippen molar-refractivity contribution in [2.24, 2.45) is 5.73 Å². The fraction of sp³-hybridized carbons (Fsp3) is 0.143. The van der Waals surface area contributed by atoms with Gasteiger partial charge in [0.15, 0.2) is 10.8 Å². The third kappa shape index (κ3) is 3.66. The number of thioether (sulfide) groups is 1. The van der Waals surface area contributed by atoms with Crippen molar-refractivity contribution < 1.29 is 9.59 Å². The second kappa shape index (κ2) is 7.56. The fourth-order valence-electron chi connectivity index (χ4n) is 3.12. The van der Waals surface area contributed by atoms with Gasteiger partial charge in [0, 0.05) is 16.6 Å². The number of carbonyl (C=O) groups is 2. The van der Waals surface area contributed by atoms with Crippen molar-refractivity contribution in [2.45, 2.75) is 24.3 Å². The number of aryl methyl sites for hydroxylation is 1. The van der Waals surface area contributed by atoms with E-state index in [9.17, 15) is 9.59 Å². The van der Waals surface area contributed by atoms with Crippen molar-refractivity contribution in [3.8, 4) is 0 Å². The highest BCUT2D eigenvalue weighted by Gasteiger charge is 2.19. The summed E-state index contributed by atoms with van der Waals surface area (Å²) in [5.41, 5.74) is 9.11. The first-order chi connectivity index (χ1) is 13.9. The number of nitrogens with one attached hydrogen (secondary N) is 1. The summed E-state index contributed by atoms with van der Waals surface area (Å²) < 4.78 is 1.97. The van der Waals surface area contributed by atoms with Crippen molar-refractivity contribution >= 4 is 45.8 Å². The summed E-state index contributed by atoms with van der Waals surface area (Å²) in [7, 11) is 0. The standard InChI is InChI=1S/C21H19N5O2S/c1-12-11-18-24-25-21(26(18)17-6-4-3-5-16(12)17)29-13(2)20(28)23-15-9-7-14(8-10-15)19(22)27/h3-11,13H,1-2H3,(H2,22,27)(H,23,28). The number of fused-ring (bicyclic) bond motifs is 3. The summed E-state index contributed by atoms with van der Waals surface area (Å²) in [5.74, 6) is -0.678. The second-order valence-corrected chi connectivity index (χ2v) is 8.02. The first kappa shape index (κ1) is 18.9. The van der Waals surface area contributed by atoms with E-state index in [0.717, 1.165) is 22.1 Å². The number of hydrogen-bond acceptors (Lipinski definition) is 5. The molecule has 0 spiro atoms. The van der Waals surface area contributed by atoms with E-state index in [2.05, 4.69) is 21.6 Å². The van der Waals surface area contributed by atoms with Crippen molar-refractivity contribution in [3.05, 3.63) is 65.7 Å². The molecule has 0 aliphatic rings.